The molecule has 1 aromatic heterocycles. The quantitative estimate of drug-likeness (QED) is 0.846. The topological polar surface area (TPSA) is 42.0 Å². The van der Waals surface area contributed by atoms with Crippen molar-refractivity contribution in [1.82, 2.24) is 4.98 Å². The number of thiazole rings is 1. The van der Waals surface area contributed by atoms with E-state index >= 15 is 0 Å². The van der Waals surface area contributed by atoms with Gasteiger partial charge in [-0.2, -0.15) is 0 Å². The number of carbonyl (C=O) groups is 1. The van der Waals surface area contributed by atoms with Crippen LogP contribution in [0.5, 0.6) is 0 Å². The molecular formula is C15H17BrN2OS. The molecule has 20 heavy (non-hydrogen) atoms. The maximum atomic E-state index is 12.3. The summed E-state index contributed by atoms with van der Waals surface area (Å²) in [5, 5.41) is 5.48. The summed E-state index contributed by atoms with van der Waals surface area (Å²) < 4.78 is 0.785. The zero-order valence-electron chi connectivity index (χ0n) is 12.0. The molecule has 5 heteroatoms. The zero-order chi connectivity index (χ0) is 14.9. The van der Waals surface area contributed by atoms with Crippen LogP contribution < -0.4 is 5.32 Å². The van der Waals surface area contributed by atoms with Crippen LogP contribution in [0, 0.1) is 6.92 Å². The Morgan fingerprint density at radius 1 is 1.35 bits per heavy atom. The van der Waals surface area contributed by atoms with Crippen LogP contribution in [-0.4, -0.2) is 10.9 Å². The Morgan fingerprint density at radius 3 is 2.65 bits per heavy atom. The third-order valence-corrected chi connectivity index (χ3v) is 4.31. The fourth-order valence-corrected chi connectivity index (χ4v) is 3.01. The lowest BCUT2D eigenvalue weighted by atomic mass is 9.93. The molecule has 1 heterocycles. The molecule has 0 saturated carbocycles. The lowest BCUT2D eigenvalue weighted by Crippen LogP contribution is -2.14. The molecule has 1 aromatic carbocycles. The van der Waals surface area contributed by atoms with E-state index < -0.39 is 0 Å². The number of halogens is 1. The van der Waals surface area contributed by atoms with Gasteiger partial charge in [0.2, 0.25) is 0 Å². The van der Waals surface area contributed by atoms with Crippen LogP contribution in [0.15, 0.2) is 28.1 Å². The summed E-state index contributed by atoms with van der Waals surface area (Å²) in [6, 6.07) is 5.70. The third kappa shape index (κ3) is 3.46. The number of anilines is 1. The number of hydrogen-bond acceptors (Lipinski definition) is 3. The van der Waals surface area contributed by atoms with E-state index in [1.165, 1.54) is 11.3 Å². The molecule has 0 bridgehead atoms. The van der Waals surface area contributed by atoms with Crippen LogP contribution in [0.4, 0.5) is 5.13 Å². The van der Waals surface area contributed by atoms with Crippen LogP contribution >= 0.6 is 27.3 Å². The number of benzene rings is 1. The average molecular weight is 353 g/mol. The smallest absolute Gasteiger partial charge is 0.258 e. The van der Waals surface area contributed by atoms with Crippen molar-refractivity contribution in [3.05, 3.63) is 44.9 Å². The Kier molecular flexibility index (Phi) is 4.30. The number of carbonyl (C=O) groups excluding carboxylic acids is 1. The summed E-state index contributed by atoms with van der Waals surface area (Å²) in [6.45, 7) is 8.27. The van der Waals surface area contributed by atoms with E-state index in [1.54, 1.807) is 0 Å². The second kappa shape index (κ2) is 5.66. The molecule has 0 aliphatic carbocycles. The van der Waals surface area contributed by atoms with E-state index in [4.69, 9.17) is 0 Å². The first-order chi connectivity index (χ1) is 9.27. The Balaban J connectivity index is 2.20. The molecule has 1 amide bonds. The van der Waals surface area contributed by atoms with Gasteiger partial charge in [0.1, 0.15) is 0 Å². The van der Waals surface area contributed by atoms with E-state index in [2.05, 4.69) is 47.0 Å². The Labute approximate surface area is 131 Å². The minimum absolute atomic E-state index is 0.0105. The Hall–Kier alpha value is -1.20. The standard InChI is InChI=1S/C15H17BrN2OS/c1-9-5-6-11(16)10(7-9)13(19)18-14-17-12(8-20-14)15(2,3)4/h5-8H,1-4H3,(H,17,18,19). The molecule has 1 N–H and O–H groups in total. The highest BCUT2D eigenvalue weighted by atomic mass is 79.9. The lowest BCUT2D eigenvalue weighted by Gasteiger charge is -2.14. The van der Waals surface area contributed by atoms with Crippen molar-refractivity contribution in [2.75, 3.05) is 5.32 Å². The number of nitrogens with one attached hydrogen (secondary N) is 1. The molecule has 0 atom stereocenters. The van der Waals surface area contributed by atoms with Crippen molar-refractivity contribution in [1.29, 1.82) is 0 Å². The number of rotatable bonds is 2. The van der Waals surface area contributed by atoms with Gasteiger partial charge in [0.15, 0.2) is 5.13 Å². The normalized spacial score (nSPS) is 11.4. The van der Waals surface area contributed by atoms with Crippen molar-refractivity contribution in [3.8, 4) is 0 Å². The van der Waals surface area contributed by atoms with Gasteiger partial charge in [-0.3, -0.25) is 10.1 Å². The highest BCUT2D eigenvalue weighted by Gasteiger charge is 2.19. The number of aryl methyl sites for hydroxylation is 1. The molecule has 0 radical (unpaired) electrons. The van der Waals surface area contributed by atoms with Crippen LogP contribution in [-0.2, 0) is 5.41 Å². The van der Waals surface area contributed by atoms with Crippen LogP contribution in [0.2, 0.25) is 0 Å². The van der Waals surface area contributed by atoms with Gasteiger partial charge in [-0.1, -0.05) is 32.4 Å². The molecule has 2 rings (SSSR count). The van der Waals surface area contributed by atoms with Gasteiger partial charge in [-0.15, -0.1) is 11.3 Å². The number of aromatic nitrogens is 1. The summed E-state index contributed by atoms with van der Waals surface area (Å²) in [7, 11) is 0. The SMILES string of the molecule is Cc1ccc(Br)c(C(=O)Nc2nc(C(C)(C)C)cs2)c1. The van der Waals surface area contributed by atoms with Crippen molar-refractivity contribution >= 4 is 38.3 Å². The van der Waals surface area contributed by atoms with Gasteiger partial charge >= 0.3 is 0 Å². The van der Waals surface area contributed by atoms with E-state index in [0.29, 0.717) is 10.7 Å². The van der Waals surface area contributed by atoms with E-state index in [1.807, 2.05) is 30.5 Å². The first kappa shape index (κ1) is 15.2. The number of nitrogens with zero attached hydrogens (tertiary/aromatic N) is 1. The molecule has 3 nitrogen and oxygen atoms in total. The van der Waals surface area contributed by atoms with Gasteiger partial charge in [-0.25, -0.2) is 4.98 Å². The van der Waals surface area contributed by atoms with Gasteiger partial charge in [0.25, 0.3) is 5.91 Å². The summed E-state index contributed by atoms with van der Waals surface area (Å²) >= 11 is 4.85. The van der Waals surface area contributed by atoms with Gasteiger partial charge < -0.3 is 0 Å². The second-order valence-electron chi connectivity index (χ2n) is 5.73. The Morgan fingerprint density at radius 2 is 2.05 bits per heavy atom. The molecular weight excluding hydrogens is 336 g/mol. The molecule has 0 aliphatic rings. The van der Waals surface area contributed by atoms with Crippen LogP contribution in [0.1, 0.15) is 42.4 Å². The highest BCUT2D eigenvalue weighted by molar-refractivity contribution is 9.10. The molecule has 2 aromatic rings. The van der Waals surface area contributed by atoms with Gasteiger partial charge in [-0.05, 0) is 35.0 Å². The highest BCUT2D eigenvalue weighted by Crippen LogP contribution is 2.27. The van der Waals surface area contributed by atoms with Gasteiger partial charge in [0.05, 0.1) is 11.3 Å². The average Bonchev–Trinajstić information content (AvgIpc) is 2.80. The lowest BCUT2D eigenvalue weighted by molar-refractivity contribution is 0.102. The summed E-state index contributed by atoms with van der Waals surface area (Å²) in [6.07, 6.45) is 0. The maximum absolute atomic E-state index is 12.3. The summed E-state index contributed by atoms with van der Waals surface area (Å²) in [5.41, 5.74) is 2.65. The molecule has 106 valence electrons. The first-order valence-electron chi connectivity index (χ1n) is 6.31. The predicted octanol–water partition coefficient (Wildman–Crippen LogP) is 4.76. The monoisotopic (exact) mass is 352 g/mol. The largest absolute Gasteiger partial charge is 0.298 e. The molecule has 0 spiro atoms. The fourth-order valence-electron chi connectivity index (χ4n) is 1.65. The Bertz CT molecular complexity index is 644. The van der Waals surface area contributed by atoms with Crippen molar-refractivity contribution in [3.63, 3.8) is 0 Å². The maximum Gasteiger partial charge on any atom is 0.258 e. The third-order valence-electron chi connectivity index (χ3n) is 2.86. The number of hydrogen-bond donors (Lipinski definition) is 1. The van der Waals surface area contributed by atoms with Crippen LogP contribution in [0.25, 0.3) is 0 Å². The molecule has 0 aliphatic heterocycles. The summed E-state index contributed by atoms with van der Waals surface area (Å²) in [5.74, 6) is -0.143. The number of amides is 1. The first-order valence-corrected chi connectivity index (χ1v) is 7.98. The minimum Gasteiger partial charge on any atom is -0.298 e. The predicted molar refractivity (Wildman–Crippen MR) is 87.6 cm³/mol. The molecule has 0 saturated heterocycles. The van der Waals surface area contributed by atoms with Crippen LogP contribution in [0.3, 0.4) is 0 Å². The van der Waals surface area contributed by atoms with E-state index in [9.17, 15) is 4.79 Å². The van der Waals surface area contributed by atoms with Gasteiger partial charge in [0, 0.05) is 15.3 Å². The molecule has 0 unspecified atom stereocenters. The van der Waals surface area contributed by atoms with Crippen molar-refractivity contribution in [2.45, 2.75) is 33.1 Å². The van der Waals surface area contributed by atoms with E-state index in [0.717, 1.165) is 15.7 Å². The minimum atomic E-state index is -0.143. The fraction of sp³-hybridized carbons (Fsp3) is 0.333. The van der Waals surface area contributed by atoms with E-state index in [-0.39, 0.29) is 11.3 Å². The molecule has 0 fully saturated rings. The van der Waals surface area contributed by atoms with Crippen molar-refractivity contribution in [2.24, 2.45) is 0 Å². The summed E-state index contributed by atoms with van der Waals surface area (Å²) in [4.78, 5) is 16.7. The second-order valence-corrected chi connectivity index (χ2v) is 7.44. The van der Waals surface area contributed by atoms with Crippen molar-refractivity contribution < 1.29 is 4.79 Å². The zero-order valence-corrected chi connectivity index (χ0v) is 14.4.